The number of nitrogens with zero attached hydrogens (tertiary/aromatic N) is 2. The summed E-state index contributed by atoms with van der Waals surface area (Å²) in [5, 5.41) is 7.35. The van der Waals surface area contributed by atoms with E-state index in [0.29, 0.717) is 0 Å². The Hall–Kier alpha value is -7.68. The van der Waals surface area contributed by atoms with Gasteiger partial charge in [-0.25, -0.2) is 0 Å². The average molecular weight is 739 g/mol. The Morgan fingerprint density at radius 1 is 0.310 bits per heavy atom. The molecular weight excluding hydrogens is 701 g/mol. The second-order valence-electron chi connectivity index (χ2n) is 14.9. The first-order valence-electron chi connectivity index (χ1n) is 19.9. The van der Waals surface area contributed by atoms with Gasteiger partial charge in [0.25, 0.3) is 0 Å². The van der Waals surface area contributed by atoms with Gasteiger partial charge in [0.1, 0.15) is 0 Å². The predicted octanol–water partition coefficient (Wildman–Crippen LogP) is 15.6. The number of aromatic nitrogens is 1. The molecule has 0 aliphatic carbocycles. The molecule has 1 heterocycles. The van der Waals surface area contributed by atoms with Crippen molar-refractivity contribution in [1.29, 1.82) is 0 Å². The third-order valence-electron chi connectivity index (χ3n) is 11.5. The van der Waals surface area contributed by atoms with Crippen molar-refractivity contribution in [2.24, 2.45) is 0 Å². The lowest BCUT2D eigenvalue weighted by molar-refractivity contribution is 1.20. The minimum atomic E-state index is 1.08. The predicted molar refractivity (Wildman–Crippen MR) is 247 cm³/mol. The highest BCUT2D eigenvalue weighted by Crippen LogP contribution is 2.46. The molecule has 0 N–H and O–H groups in total. The molecule has 0 fully saturated rings. The van der Waals surface area contributed by atoms with E-state index in [9.17, 15) is 0 Å². The summed E-state index contributed by atoms with van der Waals surface area (Å²) in [5.74, 6) is 0. The second-order valence-corrected chi connectivity index (χ2v) is 14.9. The van der Waals surface area contributed by atoms with Crippen molar-refractivity contribution >= 4 is 60.4 Å². The number of fused-ring (bicyclic) bond motifs is 6. The molecule has 2 heteroatoms. The van der Waals surface area contributed by atoms with Crippen LogP contribution >= 0.6 is 0 Å². The Morgan fingerprint density at radius 2 is 0.845 bits per heavy atom. The lowest BCUT2D eigenvalue weighted by Gasteiger charge is -2.26. The maximum absolute atomic E-state index is 2.53. The van der Waals surface area contributed by atoms with Crippen LogP contribution in [0.15, 0.2) is 231 Å². The van der Waals surface area contributed by atoms with Gasteiger partial charge in [-0.05, 0) is 92.7 Å². The van der Waals surface area contributed by atoms with Gasteiger partial charge in [0.2, 0.25) is 0 Å². The number of benzene rings is 10. The van der Waals surface area contributed by atoms with Gasteiger partial charge in [-0.2, -0.15) is 0 Å². The molecule has 0 aliphatic heterocycles. The molecule has 2 nitrogen and oxygen atoms in total. The van der Waals surface area contributed by atoms with Crippen LogP contribution in [-0.4, -0.2) is 4.57 Å². The van der Waals surface area contributed by atoms with E-state index in [0.717, 1.165) is 28.3 Å². The molecule has 272 valence electrons. The lowest BCUT2D eigenvalue weighted by Crippen LogP contribution is -2.10. The molecule has 11 rings (SSSR count). The van der Waals surface area contributed by atoms with Crippen LogP contribution in [0.4, 0.5) is 17.1 Å². The van der Waals surface area contributed by atoms with Gasteiger partial charge in [0.15, 0.2) is 0 Å². The standard InChI is InChI=1S/C56H38N2/c1-4-16-39(17-5-1)41-30-32-46(33-31-41)57(47-26-14-25-44(36-47)40-18-6-2-7-19-40)48-34-35-51-54(38-48)58(53-29-15-24-42-22-10-12-27-49(42)53)56-50-28-13-11-23-45(50)37-52(55(51)56)43-20-8-3-9-21-43/h1-38H. The number of hydrogen-bond donors (Lipinski definition) is 0. The van der Waals surface area contributed by atoms with Gasteiger partial charge < -0.3 is 9.47 Å². The van der Waals surface area contributed by atoms with E-state index in [1.165, 1.54) is 71.2 Å². The van der Waals surface area contributed by atoms with Crippen molar-refractivity contribution in [2.75, 3.05) is 4.90 Å². The van der Waals surface area contributed by atoms with Crippen molar-refractivity contribution in [3.05, 3.63) is 231 Å². The molecule has 0 saturated heterocycles. The fourth-order valence-electron chi connectivity index (χ4n) is 8.84. The molecule has 0 bridgehead atoms. The number of anilines is 3. The van der Waals surface area contributed by atoms with Gasteiger partial charge in [-0.15, -0.1) is 0 Å². The Balaban J connectivity index is 1.22. The molecule has 0 atom stereocenters. The first-order chi connectivity index (χ1) is 28.8. The Bertz CT molecular complexity index is 3250. The summed E-state index contributed by atoms with van der Waals surface area (Å²) in [4.78, 5) is 2.40. The maximum atomic E-state index is 2.53. The average Bonchev–Trinajstić information content (AvgIpc) is 3.64. The molecule has 1 aromatic heterocycles. The van der Waals surface area contributed by atoms with Crippen LogP contribution in [0.3, 0.4) is 0 Å². The molecule has 11 aromatic rings. The van der Waals surface area contributed by atoms with Gasteiger partial charge in [-0.3, -0.25) is 0 Å². The van der Waals surface area contributed by atoms with Crippen molar-refractivity contribution in [3.63, 3.8) is 0 Å². The van der Waals surface area contributed by atoms with Crippen molar-refractivity contribution in [1.82, 2.24) is 4.57 Å². The zero-order chi connectivity index (χ0) is 38.4. The number of rotatable bonds is 7. The molecular formula is C56H38N2. The van der Waals surface area contributed by atoms with Crippen LogP contribution in [-0.2, 0) is 0 Å². The highest BCUT2D eigenvalue weighted by molar-refractivity contribution is 6.25. The smallest absolute Gasteiger partial charge is 0.0625 e. The van der Waals surface area contributed by atoms with E-state index in [1.807, 2.05) is 0 Å². The fraction of sp³-hybridized carbons (Fsp3) is 0. The van der Waals surface area contributed by atoms with Crippen LogP contribution in [0.25, 0.3) is 82.4 Å². The van der Waals surface area contributed by atoms with Crippen molar-refractivity contribution < 1.29 is 0 Å². The minimum absolute atomic E-state index is 1.08. The van der Waals surface area contributed by atoms with E-state index in [-0.39, 0.29) is 0 Å². The van der Waals surface area contributed by atoms with Gasteiger partial charge in [0, 0.05) is 38.6 Å². The molecule has 0 aliphatic rings. The van der Waals surface area contributed by atoms with E-state index in [2.05, 4.69) is 240 Å². The molecule has 0 amide bonds. The SMILES string of the molecule is c1ccc(-c2ccc(N(c3cccc(-c4ccccc4)c3)c3ccc4c5c(-c6ccccc6)cc6ccccc6c5n(-c5cccc6ccccc56)c4c3)cc2)cc1. The normalized spacial score (nSPS) is 11.4. The Kier molecular flexibility index (Phi) is 8.19. The zero-order valence-electron chi connectivity index (χ0n) is 31.8. The lowest BCUT2D eigenvalue weighted by atomic mass is 9.95. The Morgan fingerprint density at radius 3 is 1.59 bits per heavy atom. The van der Waals surface area contributed by atoms with Crippen LogP contribution in [0.5, 0.6) is 0 Å². The first-order valence-corrected chi connectivity index (χ1v) is 19.9. The highest BCUT2D eigenvalue weighted by atomic mass is 15.1. The van der Waals surface area contributed by atoms with Gasteiger partial charge >= 0.3 is 0 Å². The molecule has 0 spiro atoms. The molecule has 0 unspecified atom stereocenters. The van der Waals surface area contributed by atoms with Gasteiger partial charge in [0.05, 0.1) is 16.7 Å². The summed E-state index contributed by atoms with van der Waals surface area (Å²) in [7, 11) is 0. The highest BCUT2D eigenvalue weighted by Gasteiger charge is 2.23. The minimum Gasteiger partial charge on any atom is -0.310 e. The summed E-state index contributed by atoms with van der Waals surface area (Å²) in [6.07, 6.45) is 0. The third kappa shape index (κ3) is 5.74. The molecule has 10 aromatic carbocycles. The third-order valence-corrected chi connectivity index (χ3v) is 11.5. The summed E-state index contributed by atoms with van der Waals surface area (Å²) in [5.41, 5.74) is 14.0. The summed E-state index contributed by atoms with van der Waals surface area (Å²) < 4.78 is 2.53. The first kappa shape index (κ1) is 33.6. The summed E-state index contributed by atoms with van der Waals surface area (Å²) in [6.45, 7) is 0. The maximum Gasteiger partial charge on any atom is 0.0625 e. The van der Waals surface area contributed by atoms with Crippen LogP contribution in [0.2, 0.25) is 0 Å². The monoisotopic (exact) mass is 738 g/mol. The largest absolute Gasteiger partial charge is 0.310 e. The van der Waals surface area contributed by atoms with E-state index in [4.69, 9.17) is 0 Å². The van der Waals surface area contributed by atoms with Gasteiger partial charge in [-0.1, -0.05) is 182 Å². The second kappa shape index (κ2) is 14.1. The van der Waals surface area contributed by atoms with Crippen LogP contribution in [0.1, 0.15) is 0 Å². The summed E-state index contributed by atoms with van der Waals surface area (Å²) >= 11 is 0. The molecule has 0 radical (unpaired) electrons. The molecule has 0 saturated carbocycles. The Labute approximate surface area is 338 Å². The van der Waals surface area contributed by atoms with Crippen LogP contribution in [0, 0.1) is 0 Å². The number of hydrogen-bond acceptors (Lipinski definition) is 1. The van der Waals surface area contributed by atoms with E-state index < -0.39 is 0 Å². The van der Waals surface area contributed by atoms with Crippen molar-refractivity contribution in [3.8, 4) is 39.1 Å². The van der Waals surface area contributed by atoms with Crippen molar-refractivity contribution in [2.45, 2.75) is 0 Å². The van der Waals surface area contributed by atoms with E-state index in [1.54, 1.807) is 0 Å². The van der Waals surface area contributed by atoms with E-state index >= 15 is 0 Å². The zero-order valence-corrected chi connectivity index (χ0v) is 31.8. The molecule has 58 heavy (non-hydrogen) atoms. The summed E-state index contributed by atoms with van der Waals surface area (Å²) in [6, 6.07) is 83.7. The fourth-order valence-corrected chi connectivity index (χ4v) is 8.84. The van der Waals surface area contributed by atoms with Crippen LogP contribution < -0.4 is 4.90 Å². The quantitative estimate of drug-likeness (QED) is 0.158. The topological polar surface area (TPSA) is 8.17 Å².